The fourth-order valence-corrected chi connectivity index (χ4v) is 2.70. The van der Waals surface area contributed by atoms with Crippen LogP contribution < -0.4 is 5.32 Å². The van der Waals surface area contributed by atoms with Gasteiger partial charge in [-0.1, -0.05) is 18.2 Å². The Balaban J connectivity index is 1.95. The molecular weight excluding hydrogens is 298 g/mol. The molecule has 0 heterocycles. The second-order valence-electron chi connectivity index (χ2n) is 4.63. The molecule has 2 rings (SSSR count). The number of carbonyl (C=O) groups excluding carboxylic acids is 2. The van der Waals surface area contributed by atoms with Gasteiger partial charge in [0.25, 0.3) is 0 Å². The molecule has 2 aromatic carbocycles. The molecule has 0 fully saturated rings. The van der Waals surface area contributed by atoms with Gasteiger partial charge in [0.2, 0.25) is 5.91 Å². The molecule has 0 spiro atoms. The van der Waals surface area contributed by atoms with Crippen LogP contribution in [0.2, 0.25) is 0 Å². The third kappa shape index (κ3) is 4.36. The third-order valence-electron chi connectivity index (χ3n) is 3.00. The number of benzene rings is 2. The number of rotatable bonds is 5. The summed E-state index contributed by atoms with van der Waals surface area (Å²) < 4.78 is 4.63. The van der Waals surface area contributed by atoms with Crippen LogP contribution in [0.1, 0.15) is 17.3 Å². The average molecular weight is 315 g/mol. The molecule has 2 aromatic rings. The lowest BCUT2D eigenvalue weighted by Gasteiger charge is -2.12. The zero-order valence-electron chi connectivity index (χ0n) is 12.4. The van der Waals surface area contributed by atoms with E-state index in [1.165, 1.54) is 18.9 Å². The number of hydrogen-bond acceptors (Lipinski definition) is 4. The predicted octanol–water partition coefficient (Wildman–Crippen LogP) is 3.59. The van der Waals surface area contributed by atoms with Gasteiger partial charge in [0.1, 0.15) is 0 Å². The van der Waals surface area contributed by atoms with Crippen LogP contribution in [-0.2, 0) is 9.53 Å². The summed E-state index contributed by atoms with van der Waals surface area (Å²) in [5.41, 5.74) is 1.10. The Kier molecular flexibility index (Phi) is 5.61. The Labute approximate surface area is 133 Å². The Morgan fingerprint density at radius 3 is 2.27 bits per heavy atom. The van der Waals surface area contributed by atoms with Crippen molar-refractivity contribution in [2.75, 3.05) is 12.4 Å². The summed E-state index contributed by atoms with van der Waals surface area (Å²) in [6.45, 7) is 1.86. The molecule has 0 saturated heterocycles. The van der Waals surface area contributed by atoms with Gasteiger partial charge in [-0.05, 0) is 43.3 Å². The summed E-state index contributed by atoms with van der Waals surface area (Å²) in [5.74, 6) is -0.481. The van der Waals surface area contributed by atoms with Crippen LogP contribution in [0.15, 0.2) is 59.5 Å². The molecule has 22 heavy (non-hydrogen) atoms. The van der Waals surface area contributed by atoms with E-state index in [4.69, 9.17) is 0 Å². The summed E-state index contributed by atoms with van der Waals surface area (Å²) in [7, 11) is 1.33. The standard InChI is InChI=1S/C17H17NO3S/c1-12(22-15-6-4-3-5-7-15)16(19)18-14-10-8-13(9-11-14)17(20)21-2/h3-12H,1-2H3,(H,18,19). The van der Waals surface area contributed by atoms with Crippen molar-refractivity contribution in [3.05, 3.63) is 60.2 Å². The number of thioether (sulfide) groups is 1. The van der Waals surface area contributed by atoms with Crippen LogP contribution in [0.3, 0.4) is 0 Å². The Morgan fingerprint density at radius 1 is 1.05 bits per heavy atom. The second-order valence-corrected chi connectivity index (χ2v) is 6.05. The largest absolute Gasteiger partial charge is 0.465 e. The third-order valence-corrected chi connectivity index (χ3v) is 4.11. The normalized spacial score (nSPS) is 11.5. The number of esters is 1. The highest BCUT2D eigenvalue weighted by Gasteiger charge is 2.14. The van der Waals surface area contributed by atoms with Crippen molar-refractivity contribution < 1.29 is 14.3 Å². The van der Waals surface area contributed by atoms with E-state index in [9.17, 15) is 9.59 Å². The van der Waals surface area contributed by atoms with Gasteiger partial charge in [0.15, 0.2) is 0 Å². The van der Waals surface area contributed by atoms with Crippen LogP contribution in [0.5, 0.6) is 0 Å². The van der Waals surface area contributed by atoms with Gasteiger partial charge in [-0.15, -0.1) is 11.8 Å². The van der Waals surface area contributed by atoms with E-state index in [0.717, 1.165) is 4.90 Å². The highest BCUT2D eigenvalue weighted by molar-refractivity contribution is 8.00. The molecule has 0 aliphatic carbocycles. The smallest absolute Gasteiger partial charge is 0.337 e. The summed E-state index contributed by atoms with van der Waals surface area (Å²) in [6, 6.07) is 16.4. The van der Waals surface area contributed by atoms with E-state index in [0.29, 0.717) is 11.3 Å². The summed E-state index contributed by atoms with van der Waals surface area (Å²) in [4.78, 5) is 24.6. The molecule has 1 atom stereocenters. The fourth-order valence-electron chi connectivity index (χ4n) is 1.81. The lowest BCUT2D eigenvalue weighted by atomic mass is 10.2. The van der Waals surface area contributed by atoms with Crippen molar-refractivity contribution in [1.29, 1.82) is 0 Å². The molecule has 0 aliphatic rings. The van der Waals surface area contributed by atoms with E-state index < -0.39 is 5.97 Å². The Bertz CT molecular complexity index is 641. The average Bonchev–Trinajstić information content (AvgIpc) is 2.55. The first kappa shape index (κ1) is 16.1. The number of nitrogens with one attached hydrogen (secondary N) is 1. The number of hydrogen-bond donors (Lipinski definition) is 1. The maximum atomic E-state index is 12.2. The SMILES string of the molecule is COC(=O)c1ccc(NC(=O)C(C)Sc2ccccc2)cc1. The van der Waals surface area contributed by atoms with Crippen LogP contribution in [0.25, 0.3) is 0 Å². The second kappa shape index (κ2) is 7.66. The molecule has 0 saturated carbocycles. The van der Waals surface area contributed by atoms with Crippen LogP contribution in [0.4, 0.5) is 5.69 Å². The number of methoxy groups -OCH3 is 1. The van der Waals surface area contributed by atoms with Gasteiger partial charge in [0.05, 0.1) is 17.9 Å². The van der Waals surface area contributed by atoms with Crippen molar-refractivity contribution in [3.63, 3.8) is 0 Å². The van der Waals surface area contributed by atoms with Gasteiger partial charge in [-0.2, -0.15) is 0 Å². The number of anilines is 1. The quantitative estimate of drug-likeness (QED) is 0.676. The minimum absolute atomic E-state index is 0.0836. The zero-order valence-corrected chi connectivity index (χ0v) is 13.2. The summed E-state index contributed by atoms with van der Waals surface area (Å²) >= 11 is 1.50. The summed E-state index contributed by atoms with van der Waals surface area (Å²) in [5, 5.41) is 2.61. The molecule has 1 unspecified atom stereocenters. The van der Waals surface area contributed by atoms with Crippen LogP contribution in [0, 0.1) is 0 Å². The highest BCUT2D eigenvalue weighted by atomic mass is 32.2. The summed E-state index contributed by atoms with van der Waals surface area (Å²) in [6.07, 6.45) is 0. The Hall–Kier alpha value is -2.27. The molecule has 1 N–H and O–H groups in total. The first-order chi connectivity index (χ1) is 10.6. The van der Waals surface area contributed by atoms with E-state index in [-0.39, 0.29) is 11.2 Å². The predicted molar refractivity (Wildman–Crippen MR) is 88.2 cm³/mol. The van der Waals surface area contributed by atoms with E-state index in [2.05, 4.69) is 10.1 Å². The van der Waals surface area contributed by atoms with Crippen LogP contribution >= 0.6 is 11.8 Å². The lowest BCUT2D eigenvalue weighted by molar-refractivity contribution is -0.115. The molecule has 4 nitrogen and oxygen atoms in total. The molecule has 5 heteroatoms. The van der Waals surface area contributed by atoms with Crippen LogP contribution in [-0.4, -0.2) is 24.2 Å². The van der Waals surface area contributed by atoms with Gasteiger partial charge in [-0.3, -0.25) is 4.79 Å². The lowest BCUT2D eigenvalue weighted by Crippen LogP contribution is -2.22. The molecule has 0 aromatic heterocycles. The van der Waals surface area contributed by atoms with Crippen molar-refractivity contribution >= 4 is 29.3 Å². The zero-order chi connectivity index (χ0) is 15.9. The van der Waals surface area contributed by atoms with E-state index in [1.54, 1.807) is 24.3 Å². The van der Waals surface area contributed by atoms with Gasteiger partial charge in [-0.25, -0.2) is 4.79 Å². The maximum Gasteiger partial charge on any atom is 0.337 e. The first-order valence-corrected chi connectivity index (χ1v) is 7.69. The molecule has 0 radical (unpaired) electrons. The molecular formula is C17H17NO3S. The van der Waals surface area contributed by atoms with E-state index in [1.807, 2.05) is 37.3 Å². The van der Waals surface area contributed by atoms with E-state index >= 15 is 0 Å². The van der Waals surface area contributed by atoms with Crippen molar-refractivity contribution in [1.82, 2.24) is 0 Å². The van der Waals surface area contributed by atoms with Crippen molar-refractivity contribution in [2.45, 2.75) is 17.1 Å². The highest BCUT2D eigenvalue weighted by Crippen LogP contribution is 2.23. The van der Waals surface area contributed by atoms with Gasteiger partial charge < -0.3 is 10.1 Å². The first-order valence-electron chi connectivity index (χ1n) is 6.81. The molecule has 114 valence electrons. The Morgan fingerprint density at radius 2 is 1.68 bits per heavy atom. The number of amides is 1. The van der Waals surface area contributed by atoms with Crippen molar-refractivity contribution in [2.24, 2.45) is 0 Å². The molecule has 1 amide bonds. The molecule has 0 aliphatic heterocycles. The number of ether oxygens (including phenoxy) is 1. The van der Waals surface area contributed by atoms with Crippen molar-refractivity contribution in [3.8, 4) is 0 Å². The number of carbonyl (C=O) groups is 2. The fraction of sp³-hybridized carbons (Fsp3) is 0.176. The topological polar surface area (TPSA) is 55.4 Å². The maximum absolute atomic E-state index is 12.2. The van der Waals surface area contributed by atoms with Gasteiger partial charge in [0, 0.05) is 10.6 Å². The molecule has 0 bridgehead atoms. The van der Waals surface area contributed by atoms with Gasteiger partial charge >= 0.3 is 5.97 Å². The minimum atomic E-state index is -0.397. The minimum Gasteiger partial charge on any atom is -0.465 e. The monoisotopic (exact) mass is 315 g/mol.